The van der Waals surface area contributed by atoms with E-state index in [1.165, 1.54) is 6.92 Å². The van der Waals surface area contributed by atoms with Gasteiger partial charge in [0.2, 0.25) is 0 Å². The molecule has 0 radical (unpaired) electrons. The largest absolute Gasteiger partial charge is 0.312 e. The van der Waals surface area contributed by atoms with Crippen molar-refractivity contribution in [3.63, 3.8) is 0 Å². The predicted octanol–water partition coefficient (Wildman–Crippen LogP) is 2.41. The van der Waals surface area contributed by atoms with Gasteiger partial charge in [-0.2, -0.15) is 0 Å². The van der Waals surface area contributed by atoms with Gasteiger partial charge in [-0.1, -0.05) is 13.8 Å². The zero-order valence-corrected chi connectivity index (χ0v) is 10.4. The minimum absolute atomic E-state index is 0.159. The Balaban J connectivity index is 3.12. The molecule has 0 aliphatic heterocycles. The molecular weight excluding hydrogens is 202 g/mol. The molecule has 0 saturated carbocycles. The van der Waals surface area contributed by atoms with Gasteiger partial charge in [-0.05, 0) is 38.3 Å². The van der Waals surface area contributed by atoms with Crippen molar-refractivity contribution in [2.45, 2.75) is 40.7 Å². The number of pyridine rings is 1. The summed E-state index contributed by atoms with van der Waals surface area (Å²) in [7, 11) is 0. The molecule has 0 aliphatic rings. The van der Waals surface area contributed by atoms with Gasteiger partial charge >= 0.3 is 0 Å². The molecule has 0 fully saturated rings. The van der Waals surface area contributed by atoms with Crippen LogP contribution >= 0.6 is 0 Å². The highest BCUT2D eigenvalue weighted by atomic mass is 16.1. The first kappa shape index (κ1) is 12.7. The Morgan fingerprint density at radius 1 is 1.38 bits per heavy atom. The number of carbonyl (C=O) groups is 1. The summed E-state index contributed by atoms with van der Waals surface area (Å²) in [5.74, 6) is 0.385. The van der Waals surface area contributed by atoms with Crippen LogP contribution in [0.5, 0.6) is 0 Å². The first-order valence-corrected chi connectivity index (χ1v) is 5.65. The number of ketones is 1. The minimum atomic E-state index is -0.164. The van der Waals surface area contributed by atoms with Crippen LogP contribution in [0.2, 0.25) is 0 Å². The van der Waals surface area contributed by atoms with E-state index >= 15 is 0 Å². The molecule has 0 aromatic carbocycles. The molecule has 1 rings (SSSR count). The Labute approximate surface area is 96.1 Å². The van der Waals surface area contributed by atoms with Gasteiger partial charge in [-0.15, -0.1) is 0 Å². The summed E-state index contributed by atoms with van der Waals surface area (Å²) in [5.41, 5.74) is 1.04. The number of Topliss-reactive ketones (excluding diaryl/α,β-unsaturated/α-hetero) is 1. The lowest BCUT2D eigenvalue weighted by molar-refractivity contribution is 0.101. The van der Waals surface area contributed by atoms with Crippen molar-refractivity contribution in [3.05, 3.63) is 33.7 Å². The predicted molar refractivity (Wildman–Crippen MR) is 64.9 cm³/mol. The normalized spacial score (nSPS) is 10.8. The average molecular weight is 221 g/mol. The van der Waals surface area contributed by atoms with Crippen molar-refractivity contribution in [1.82, 2.24) is 4.57 Å². The fraction of sp³-hybridized carbons (Fsp3) is 0.538. The van der Waals surface area contributed by atoms with Crippen molar-refractivity contribution in [2.75, 3.05) is 0 Å². The van der Waals surface area contributed by atoms with E-state index in [1.54, 1.807) is 10.6 Å². The summed E-state index contributed by atoms with van der Waals surface area (Å²) in [5, 5.41) is 0. The van der Waals surface area contributed by atoms with Crippen LogP contribution in [0.25, 0.3) is 0 Å². The van der Waals surface area contributed by atoms with Crippen molar-refractivity contribution in [3.8, 4) is 0 Å². The second-order valence-corrected chi connectivity index (χ2v) is 4.58. The number of carbonyl (C=O) groups excluding carboxylic acids is 1. The van der Waals surface area contributed by atoms with Gasteiger partial charge < -0.3 is 4.57 Å². The van der Waals surface area contributed by atoms with E-state index in [0.717, 1.165) is 12.1 Å². The fourth-order valence-corrected chi connectivity index (χ4v) is 1.60. The molecule has 0 atom stereocenters. The standard InChI is InChI=1S/C13H19NO2/c1-9(2)7-8-14-10(3)5-6-12(11(4)15)13(14)16/h5-6,9H,7-8H2,1-4H3. The van der Waals surface area contributed by atoms with Crippen LogP contribution in [0, 0.1) is 12.8 Å². The lowest BCUT2D eigenvalue weighted by Gasteiger charge is -2.12. The van der Waals surface area contributed by atoms with E-state index in [1.807, 2.05) is 13.0 Å². The number of hydrogen-bond donors (Lipinski definition) is 0. The van der Waals surface area contributed by atoms with E-state index < -0.39 is 0 Å². The molecule has 1 heterocycles. The maximum Gasteiger partial charge on any atom is 0.261 e. The van der Waals surface area contributed by atoms with Crippen molar-refractivity contribution >= 4 is 5.78 Å². The quantitative estimate of drug-likeness (QED) is 0.732. The fourth-order valence-electron chi connectivity index (χ4n) is 1.60. The minimum Gasteiger partial charge on any atom is -0.312 e. The number of aromatic nitrogens is 1. The van der Waals surface area contributed by atoms with E-state index in [2.05, 4.69) is 13.8 Å². The molecule has 0 N–H and O–H groups in total. The summed E-state index contributed by atoms with van der Waals surface area (Å²) < 4.78 is 1.69. The Kier molecular flexibility index (Phi) is 4.05. The summed E-state index contributed by atoms with van der Waals surface area (Å²) in [6.07, 6.45) is 0.947. The van der Waals surface area contributed by atoms with Gasteiger partial charge in [-0.3, -0.25) is 9.59 Å². The smallest absolute Gasteiger partial charge is 0.261 e. The molecule has 0 unspecified atom stereocenters. The summed E-state index contributed by atoms with van der Waals surface area (Å²) in [4.78, 5) is 23.2. The Morgan fingerprint density at radius 2 is 2.00 bits per heavy atom. The van der Waals surface area contributed by atoms with Gasteiger partial charge in [0.1, 0.15) is 0 Å². The summed E-state index contributed by atoms with van der Waals surface area (Å²) in [6, 6.07) is 3.45. The Hall–Kier alpha value is -1.38. The number of hydrogen-bond acceptors (Lipinski definition) is 2. The van der Waals surface area contributed by atoms with E-state index in [-0.39, 0.29) is 16.9 Å². The van der Waals surface area contributed by atoms with Crippen LogP contribution in [0.15, 0.2) is 16.9 Å². The molecule has 3 nitrogen and oxygen atoms in total. The lowest BCUT2D eigenvalue weighted by Crippen LogP contribution is -2.27. The topological polar surface area (TPSA) is 39.1 Å². The molecule has 0 spiro atoms. The molecular formula is C13H19NO2. The van der Waals surface area contributed by atoms with Gasteiger partial charge in [0, 0.05) is 12.2 Å². The van der Waals surface area contributed by atoms with Crippen molar-refractivity contribution in [2.24, 2.45) is 5.92 Å². The van der Waals surface area contributed by atoms with Crippen LogP contribution in [0.3, 0.4) is 0 Å². The van der Waals surface area contributed by atoms with Gasteiger partial charge in [0.25, 0.3) is 5.56 Å². The van der Waals surface area contributed by atoms with Gasteiger partial charge in [0.15, 0.2) is 5.78 Å². The molecule has 88 valence electrons. The van der Waals surface area contributed by atoms with Crippen LogP contribution in [-0.2, 0) is 6.54 Å². The SMILES string of the molecule is CC(=O)c1ccc(C)n(CCC(C)C)c1=O. The summed E-state index contributed by atoms with van der Waals surface area (Å²) in [6.45, 7) is 8.25. The van der Waals surface area contributed by atoms with Gasteiger partial charge in [0.05, 0.1) is 5.56 Å². The van der Waals surface area contributed by atoms with Crippen LogP contribution in [0.1, 0.15) is 43.2 Å². The maximum atomic E-state index is 12.0. The van der Waals surface area contributed by atoms with Gasteiger partial charge in [-0.25, -0.2) is 0 Å². The maximum absolute atomic E-state index is 12.0. The third-order valence-electron chi connectivity index (χ3n) is 2.70. The third kappa shape index (κ3) is 2.81. The number of nitrogens with zero attached hydrogens (tertiary/aromatic N) is 1. The lowest BCUT2D eigenvalue weighted by atomic mass is 10.1. The average Bonchev–Trinajstić information content (AvgIpc) is 2.16. The zero-order chi connectivity index (χ0) is 12.3. The van der Waals surface area contributed by atoms with E-state index in [0.29, 0.717) is 12.5 Å². The highest BCUT2D eigenvalue weighted by Gasteiger charge is 2.09. The highest BCUT2D eigenvalue weighted by molar-refractivity contribution is 5.93. The van der Waals surface area contributed by atoms with Crippen molar-refractivity contribution < 1.29 is 4.79 Å². The zero-order valence-electron chi connectivity index (χ0n) is 10.4. The first-order valence-electron chi connectivity index (χ1n) is 5.65. The van der Waals surface area contributed by atoms with Crippen molar-refractivity contribution in [1.29, 1.82) is 0 Å². The first-order chi connectivity index (χ1) is 7.43. The Bertz CT molecular complexity index is 444. The molecule has 0 bridgehead atoms. The van der Waals surface area contributed by atoms with E-state index in [4.69, 9.17) is 0 Å². The number of rotatable bonds is 4. The monoisotopic (exact) mass is 221 g/mol. The molecule has 0 saturated heterocycles. The molecule has 0 amide bonds. The molecule has 1 aromatic rings. The second-order valence-electron chi connectivity index (χ2n) is 4.58. The molecule has 1 aromatic heterocycles. The Morgan fingerprint density at radius 3 is 2.50 bits per heavy atom. The highest BCUT2D eigenvalue weighted by Crippen LogP contribution is 2.05. The van der Waals surface area contributed by atoms with Crippen LogP contribution < -0.4 is 5.56 Å². The molecule has 3 heteroatoms. The van der Waals surface area contributed by atoms with Crippen LogP contribution in [-0.4, -0.2) is 10.4 Å². The van der Waals surface area contributed by atoms with E-state index in [9.17, 15) is 9.59 Å². The third-order valence-corrected chi connectivity index (χ3v) is 2.70. The van der Waals surface area contributed by atoms with Crippen LogP contribution in [0.4, 0.5) is 0 Å². The molecule has 0 aliphatic carbocycles. The summed E-state index contributed by atoms with van der Waals surface area (Å²) >= 11 is 0. The second kappa shape index (κ2) is 5.10. The molecule has 16 heavy (non-hydrogen) atoms. The number of aryl methyl sites for hydroxylation is 1.